The zero-order chi connectivity index (χ0) is 11.6. The number of halogens is 2. The van der Waals surface area contributed by atoms with Crippen LogP contribution >= 0.6 is 23.2 Å². The highest BCUT2D eigenvalue weighted by Crippen LogP contribution is 2.23. The van der Waals surface area contributed by atoms with Crippen LogP contribution in [0.15, 0.2) is 23.1 Å². The lowest BCUT2D eigenvalue weighted by Gasteiger charge is -2.19. The minimum Gasteiger partial charge on any atom is -0.237 e. The van der Waals surface area contributed by atoms with Crippen LogP contribution in [0.1, 0.15) is 20.8 Å². The van der Waals surface area contributed by atoms with Crippen molar-refractivity contribution in [3.63, 3.8) is 0 Å². The highest BCUT2D eigenvalue weighted by atomic mass is 35.5. The van der Waals surface area contributed by atoms with Gasteiger partial charge < -0.3 is 0 Å². The molecule has 0 bridgehead atoms. The third kappa shape index (κ3) is 4.11. The molecule has 5 heteroatoms. The Morgan fingerprint density at radius 1 is 1.27 bits per heavy atom. The number of nitrogens with one attached hydrogen (secondary N) is 1. The van der Waals surface area contributed by atoms with Crippen molar-refractivity contribution in [1.29, 1.82) is 0 Å². The third-order valence-corrected chi connectivity index (χ3v) is 3.70. The van der Waals surface area contributed by atoms with Crippen LogP contribution in [0.25, 0.3) is 0 Å². The predicted octanol–water partition coefficient (Wildman–Crippen LogP) is 3.40. The van der Waals surface area contributed by atoms with Gasteiger partial charge in [0, 0.05) is 10.6 Å². The zero-order valence-corrected chi connectivity index (χ0v) is 11.1. The Kier molecular flexibility index (Phi) is 4.18. The normalized spacial score (nSPS) is 13.9. The van der Waals surface area contributed by atoms with E-state index in [0.717, 1.165) is 0 Å². The molecule has 0 aliphatic carbocycles. The van der Waals surface area contributed by atoms with Crippen LogP contribution in [-0.4, -0.2) is 9.75 Å². The largest absolute Gasteiger partial charge is 0.237 e. The van der Waals surface area contributed by atoms with E-state index in [-0.39, 0.29) is 5.54 Å². The van der Waals surface area contributed by atoms with Crippen molar-refractivity contribution in [3.8, 4) is 0 Å². The second kappa shape index (κ2) is 4.83. The first-order valence-electron chi connectivity index (χ1n) is 4.44. The Labute approximate surface area is 103 Å². The SMILES string of the molecule is CC(C)(C)NS(=O)c1cc(Cl)ccc1Cl. The van der Waals surface area contributed by atoms with Crippen molar-refractivity contribution < 1.29 is 4.21 Å². The van der Waals surface area contributed by atoms with Gasteiger partial charge in [-0.15, -0.1) is 0 Å². The summed E-state index contributed by atoms with van der Waals surface area (Å²) in [4.78, 5) is 0.513. The van der Waals surface area contributed by atoms with E-state index in [1.165, 1.54) is 0 Å². The van der Waals surface area contributed by atoms with E-state index >= 15 is 0 Å². The van der Waals surface area contributed by atoms with Gasteiger partial charge in [0.25, 0.3) is 0 Å². The first-order chi connectivity index (χ1) is 6.79. The third-order valence-electron chi connectivity index (χ3n) is 1.49. The lowest BCUT2D eigenvalue weighted by molar-refractivity contribution is 0.519. The van der Waals surface area contributed by atoms with Crippen LogP contribution < -0.4 is 4.72 Å². The number of rotatable bonds is 2. The Morgan fingerprint density at radius 3 is 2.40 bits per heavy atom. The maximum absolute atomic E-state index is 11.9. The molecule has 0 saturated carbocycles. The summed E-state index contributed by atoms with van der Waals surface area (Å²) in [6, 6.07) is 4.92. The summed E-state index contributed by atoms with van der Waals surface area (Å²) in [7, 11) is -1.34. The summed E-state index contributed by atoms with van der Waals surface area (Å²) >= 11 is 11.7. The average molecular weight is 266 g/mol. The van der Waals surface area contributed by atoms with Gasteiger partial charge in [-0.05, 0) is 39.0 Å². The van der Waals surface area contributed by atoms with E-state index in [1.54, 1.807) is 18.2 Å². The van der Waals surface area contributed by atoms with Crippen LogP contribution in [0.2, 0.25) is 10.0 Å². The molecule has 0 fully saturated rings. The van der Waals surface area contributed by atoms with Crippen LogP contribution in [0.4, 0.5) is 0 Å². The van der Waals surface area contributed by atoms with Gasteiger partial charge in [-0.25, -0.2) is 8.93 Å². The Bertz CT molecular complexity index is 387. The van der Waals surface area contributed by atoms with Gasteiger partial charge in [0.1, 0.15) is 11.0 Å². The summed E-state index contributed by atoms with van der Waals surface area (Å²) in [5.74, 6) is 0. The second-order valence-electron chi connectivity index (χ2n) is 4.20. The molecule has 1 unspecified atom stereocenters. The van der Waals surface area contributed by atoms with Crippen molar-refractivity contribution in [2.45, 2.75) is 31.2 Å². The molecular formula is C10H13Cl2NOS. The fraction of sp³-hybridized carbons (Fsp3) is 0.400. The lowest BCUT2D eigenvalue weighted by Crippen LogP contribution is -2.37. The smallest absolute Gasteiger partial charge is 0.126 e. The fourth-order valence-electron chi connectivity index (χ4n) is 0.952. The molecule has 0 aliphatic heterocycles. The number of hydrogen-bond acceptors (Lipinski definition) is 1. The first kappa shape index (κ1) is 13.0. The summed E-state index contributed by atoms with van der Waals surface area (Å²) < 4.78 is 14.8. The highest BCUT2D eigenvalue weighted by molar-refractivity contribution is 7.83. The average Bonchev–Trinajstić information content (AvgIpc) is 2.06. The molecule has 0 amide bonds. The van der Waals surface area contributed by atoms with E-state index in [9.17, 15) is 4.21 Å². The van der Waals surface area contributed by atoms with Crippen molar-refractivity contribution in [2.75, 3.05) is 0 Å². The summed E-state index contributed by atoms with van der Waals surface area (Å²) in [5.41, 5.74) is -0.240. The van der Waals surface area contributed by atoms with E-state index in [0.29, 0.717) is 14.9 Å². The standard InChI is InChI=1S/C10H13Cl2NOS/c1-10(2,3)13-15(14)9-6-7(11)4-5-8(9)12/h4-6,13H,1-3H3. The molecule has 1 aromatic rings. The topological polar surface area (TPSA) is 29.1 Å². The molecule has 0 heterocycles. The Balaban J connectivity index is 2.96. The highest BCUT2D eigenvalue weighted by Gasteiger charge is 2.16. The quantitative estimate of drug-likeness (QED) is 0.873. The molecule has 2 nitrogen and oxygen atoms in total. The minimum absolute atomic E-state index is 0.240. The number of benzene rings is 1. The van der Waals surface area contributed by atoms with E-state index in [4.69, 9.17) is 23.2 Å². The zero-order valence-electron chi connectivity index (χ0n) is 8.80. The number of hydrogen-bond donors (Lipinski definition) is 1. The molecule has 84 valence electrons. The maximum atomic E-state index is 11.9. The first-order valence-corrected chi connectivity index (χ1v) is 6.35. The van der Waals surface area contributed by atoms with Crippen molar-refractivity contribution in [3.05, 3.63) is 28.2 Å². The molecule has 1 aromatic carbocycles. The molecule has 0 aliphatic rings. The van der Waals surface area contributed by atoms with Crippen LogP contribution in [0.5, 0.6) is 0 Å². The Hall–Kier alpha value is -0.0900. The molecule has 1 atom stereocenters. The van der Waals surface area contributed by atoms with Crippen LogP contribution in [-0.2, 0) is 11.0 Å². The van der Waals surface area contributed by atoms with Crippen LogP contribution in [0.3, 0.4) is 0 Å². The van der Waals surface area contributed by atoms with E-state index < -0.39 is 11.0 Å². The maximum Gasteiger partial charge on any atom is 0.126 e. The van der Waals surface area contributed by atoms with Crippen molar-refractivity contribution in [2.24, 2.45) is 0 Å². The molecule has 15 heavy (non-hydrogen) atoms. The fourth-order valence-corrected chi connectivity index (χ4v) is 2.66. The van der Waals surface area contributed by atoms with Gasteiger partial charge in [0.15, 0.2) is 0 Å². The second-order valence-corrected chi connectivity index (χ2v) is 6.22. The van der Waals surface area contributed by atoms with Gasteiger partial charge in [0.2, 0.25) is 0 Å². The molecule has 1 N–H and O–H groups in total. The molecule has 1 rings (SSSR count). The monoisotopic (exact) mass is 265 g/mol. The van der Waals surface area contributed by atoms with Crippen molar-refractivity contribution >= 4 is 34.2 Å². The van der Waals surface area contributed by atoms with Gasteiger partial charge in [-0.1, -0.05) is 23.2 Å². The molecular weight excluding hydrogens is 253 g/mol. The Morgan fingerprint density at radius 2 is 1.87 bits per heavy atom. The summed E-state index contributed by atoms with van der Waals surface area (Å²) in [6.45, 7) is 5.80. The van der Waals surface area contributed by atoms with Gasteiger partial charge in [-0.3, -0.25) is 0 Å². The predicted molar refractivity (Wildman–Crippen MR) is 65.8 cm³/mol. The molecule has 0 radical (unpaired) electrons. The van der Waals surface area contributed by atoms with Crippen LogP contribution in [0, 0.1) is 0 Å². The summed E-state index contributed by atoms with van der Waals surface area (Å²) in [6.07, 6.45) is 0. The van der Waals surface area contributed by atoms with Gasteiger partial charge in [-0.2, -0.15) is 0 Å². The van der Waals surface area contributed by atoms with E-state index in [2.05, 4.69) is 4.72 Å². The minimum atomic E-state index is -1.34. The molecule has 0 aromatic heterocycles. The van der Waals surface area contributed by atoms with Gasteiger partial charge >= 0.3 is 0 Å². The van der Waals surface area contributed by atoms with Gasteiger partial charge in [0.05, 0.1) is 9.92 Å². The molecule has 0 saturated heterocycles. The van der Waals surface area contributed by atoms with E-state index in [1.807, 2.05) is 20.8 Å². The molecule has 0 spiro atoms. The summed E-state index contributed by atoms with van der Waals surface area (Å²) in [5, 5.41) is 0.980. The van der Waals surface area contributed by atoms with Crippen molar-refractivity contribution in [1.82, 2.24) is 4.72 Å². The lowest BCUT2D eigenvalue weighted by atomic mass is 10.1.